The predicted octanol–water partition coefficient (Wildman–Crippen LogP) is 2.22. The largest absolute Gasteiger partial charge is 0.494 e. The number of anilines is 1. The highest BCUT2D eigenvalue weighted by atomic mass is 32.2. The lowest BCUT2D eigenvalue weighted by atomic mass is 10.2. The van der Waals surface area contributed by atoms with Crippen LogP contribution in [0.2, 0.25) is 0 Å². The van der Waals surface area contributed by atoms with E-state index in [9.17, 15) is 21.6 Å². The van der Waals surface area contributed by atoms with Crippen LogP contribution in [0.25, 0.3) is 0 Å². The standard InChI is InChI=1S/C24H33N3O7S2/c1-3-33-22-9-7-8-20(18-22)27(35(2,29)30)19-24(28)25-14-17-34-21-10-12-23(13-11-21)36(31,32)26-15-5-4-6-16-26/h7-13,18H,3-6,14-17,19H2,1-2H3,(H,25,28). The summed E-state index contributed by atoms with van der Waals surface area (Å²) < 4.78 is 63.6. The SMILES string of the molecule is CCOc1cccc(N(CC(=O)NCCOc2ccc(S(=O)(=O)N3CCCCC3)cc2)S(C)(=O)=O)c1. The van der Waals surface area contributed by atoms with Crippen LogP contribution >= 0.6 is 0 Å². The number of ether oxygens (including phenoxy) is 2. The van der Waals surface area contributed by atoms with E-state index in [1.807, 2.05) is 6.92 Å². The van der Waals surface area contributed by atoms with Crippen LogP contribution < -0.4 is 19.1 Å². The predicted molar refractivity (Wildman–Crippen MR) is 137 cm³/mol. The van der Waals surface area contributed by atoms with Gasteiger partial charge in [0.05, 0.1) is 30.0 Å². The van der Waals surface area contributed by atoms with E-state index in [0.29, 0.717) is 36.9 Å². The summed E-state index contributed by atoms with van der Waals surface area (Å²) in [6.07, 6.45) is 3.82. The van der Waals surface area contributed by atoms with Crippen molar-refractivity contribution in [3.63, 3.8) is 0 Å². The van der Waals surface area contributed by atoms with Crippen LogP contribution in [0.15, 0.2) is 53.4 Å². The molecule has 1 aliphatic rings. The molecule has 0 spiro atoms. The van der Waals surface area contributed by atoms with Crippen molar-refractivity contribution < 1.29 is 31.1 Å². The highest BCUT2D eigenvalue weighted by Gasteiger charge is 2.26. The molecule has 0 atom stereocenters. The minimum Gasteiger partial charge on any atom is -0.494 e. The molecule has 36 heavy (non-hydrogen) atoms. The Morgan fingerprint density at radius 3 is 2.31 bits per heavy atom. The Bertz CT molecular complexity index is 1230. The second kappa shape index (κ2) is 12.4. The topological polar surface area (TPSA) is 122 Å². The summed E-state index contributed by atoms with van der Waals surface area (Å²) in [6, 6.07) is 12.7. The van der Waals surface area contributed by atoms with Gasteiger partial charge >= 0.3 is 0 Å². The van der Waals surface area contributed by atoms with Gasteiger partial charge in [0, 0.05) is 19.2 Å². The van der Waals surface area contributed by atoms with Gasteiger partial charge in [0.2, 0.25) is 26.0 Å². The summed E-state index contributed by atoms with van der Waals surface area (Å²) >= 11 is 0. The minimum atomic E-state index is -3.71. The molecule has 1 aliphatic heterocycles. The van der Waals surface area contributed by atoms with Gasteiger partial charge in [-0.2, -0.15) is 4.31 Å². The number of nitrogens with zero attached hydrogens (tertiary/aromatic N) is 2. The number of benzene rings is 2. The third-order valence-corrected chi connectivity index (χ3v) is 8.63. The quantitative estimate of drug-likeness (QED) is 0.411. The summed E-state index contributed by atoms with van der Waals surface area (Å²) in [5.41, 5.74) is 0.328. The fourth-order valence-corrected chi connectivity index (χ4v) is 6.17. The molecular weight excluding hydrogens is 506 g/mol. The molecule has 0 radical (unpaired) electrons. The van der Waals surface area contributed by atoms with Crippen molar-refractivity contribution in [2.75, 3.05) is 50.0 Å². The zero-order valence-electron chi connectivity index (χ0n) is 20.6. The van der Waals surface area contributed by atoms with Crippen molar-refractivity contribution in [2.45, 2.75) is 31.1 Å². The zero-order valence-corrected chi connectivity index (χ0v) is 22.2. The Morgan fingerprint density at radius 1 is 0.972 bits per heavy atom. The normalized spacial score (nSPS) is 14.7. The van der Waals surface area contributed by atoms with E-state index in [4.69, 9.17) is 9.47 Å². The Balaban J connectivity index is 1.50. The molecule has 2 aromatic rings. The third kappa shape index (κ3) is 7.58. The number of carbonyl (C=O) groups excluding carboxylic acids is 1. The lowest BCUT2D eigenvalue weighted by Gasteiger charge is -2.25. The number of carbonyl (C=O) groups is 1. The molecule has 0 aliphatic carbocycles. The van der Waals surface area contributed by atoms with E-state index in [0.717, 1.165) is 29.8 Å². The molecule has 3 rings (SSSR count). The lowest BCUT2D eigenvalue weighted by Crippen LogP contribution is -2.41. The van der Waals surface area contributed by atoms with Crippen LogP contribution in [-0.4, -0.2) is 72.7 Å². The van der Waals surface area contributed by atoms with E-state index in [1.54, 1.807) is 36.4 Å². The molecule has 0 unspecified atom stereocenters. The number of sulfonamides is 2. The molecule has 2 aromatic carbocycles. The van der Waals surface area contributed by atoms with Crippen molar-refractivity contribution in [3.8, 4) is 11.5 Å². The molecule has 198 valence electrons. The minimum absolute atomic E-state index is 0.128. The number of nitrogens with one attached hydrogen (secondary N) is 1. The second-order valence-corrected chi connectivity index (χ2v) is 12.2. The van der Waals surface area contributed by atoms with Crippen LogP contribution in [0.3, 0.4) is 0 Å². The second-order valence-electron chi connectivity index (χ2n) is 8.33. The average Bonchev–Trinajstić information content (AvgIpc) is 2.86. The number of piperidine rings is 1. The summed E-state index contributed by atoms with van der Waals surface area (Å²) in [4.78, 5) is 12.6. The van der Waals surface area contributed by atoms with Crippen molar-refractivity contribution in [3.05, 3.63) is 48.5 Å². The molecule has 12 heteroatoms. The number of rotatable bonds is 12. The fourth-order valence-electron chi connectivity index (χ4n) is 3.80. The van der Waals surface area contributed by atoms with Crippen LogP contribution in [-0.2, 0) is 24.8 Å². The maximum Gasteiger partial charge on any atom is 0.243 e. The summed E-state index contributed by atoms with van der Waals surface area (Å²) in [7, 11) is -7.22. The van der Waals surface area contributed by atoms with Gasteiger partial charge in [0.1, 0.15) is 24.7 Å². The summed E-state index contributed by atoms with van der Waals surface area (Å²) in [5, 5.41) is 2.64. The molecule has 1 fully saturated rings. The van der Waals surface area contributed by atoms with Gasteiger partial charge in [0.15, 0.2) is 0 Å². The highest BCUT2D eigenvalue weighted by Crippen LogP contribution is 2.24. The smallest absolute Gasteiger partial charge is 0.243 e. The van der Waals surface area contributed by atoms with Gasteiger partial charge < -0.3 is 14.8 Å². The van der Waals surface area contributed by atoms with E-state index in [1.165, 1.54) is 16.4 Å². The van der Waals surface area contributed by atoms with Crippen LogP contribution in [0, 0.1) is 0 Å². The first-order chi connectivity index (χ1) is 17.1. The first kappa shape index (κ1) is 27.8. The fraction of sp³-hybridized carbons (Fsp3) is 0.458. The number of hydrogen-bond acceptors (Lipinski definition) is 7. The first-order valence-electron chi connectivity index (χ1n) is 11.8. The Morgan fingerprint density at radius 2 is 1.67 bits per heavy atom. The van der Waals surface area contributed by atoms with E-state index < -0.39 is 32.5 Å². The van der Waals surface area contributed by atoms with Crippen LogP contribution in [0.1, 0.15) is 26.2 Å². The average molecular weight is 540 g/mol. The molecule has 1 amide bonds. The van der Waals surface area contributed by atoms with Gasteiger partial charge in [0.25, 0.3) is 0 Å². The molecule has 1 saturated heterocycles. The van der Waals surface area contributed by atoms with Gasteiger partial charge in [-0.3, -0.25) is 9.10 Å². The molecular formula is C24H33N3O7S2. The van der Waals surface area contributed by atoms with Crippen molar-refractivity contribution in [1.29, 1.82) is 0 Å². The van der Waals surface area contributed by atoms with Gasteiger partial charge in [-0.15, -0.1) is 0 Å². The van der Waals surface area contributed by atoms with Crippen LogP contribution in [0.4, 0.5) is 5.69 Å². The van der Waals surface area contributed by atoms with Crippen molar-refractivity contribution in [2.24, 2.45) is 0 Å². The van der Waals surface area contributed by atoms with E-state index in [-0.39, 0.29) is 18.0 Å². The van der Waals surface area contributed by atoms with Crippen molar-refractivity contribution >= 4 is 31.6 Å². The maximum absolute atomic E-state index is 12.7. The van der Waals surface area contributed by atoms with Gasteiger partial charge in [-0.25, -0.2) is 16.8 Å². The Kier molecular flexibility index (Phi) is 9.57. The van der Waals surface area contributed by atoms with E-state index in [2.05, 4.69) is 5.32 Å². The molecule has 0 aromatic heterocycles. The molecule has 0 saturated carbocycles. The summed E-state index contributed by atoms with van der Waals surface area (Å²) in [5.74, 6) is 0.480. The zero-order chi connectivity index (χ0) is 26.2. The Labute approximate surface area is 213 Å². The molecule has 0 bridgehead atoms. The summed E-state index contributed by atoms with van der Waals surface area (Å²) in [6.45, 7) is 3.20. The first-order valence-corrected chi connectivity index (χ1v) is 15.1. The number of amides is 1. The van der Waals surface area contributed by atoms with Crippen LogP contribution in [0.5, 0.6) is 11.5 Å². The van der Waals surface area contributed by atoms with Crippen molar-refractivity contribution in [1.82, 2.24) is 9.62 Å². The maximum atomic E-state index is 12.7. The van der Waals surface area contributed by atoms with E-state index >= 15 is 0 Å². The molecule has 1 N–H and O–H groups in total. The Hall–Kier alpha value is -2.83. The number of hydrogen-bond donors (Lipinski definition) is 1. The monoisotopic (exact) mass is 539 g/mol. The van der Waals surface area contributed by atoms with Gasteiger partial charge in [-0.05, 0) is 56.2 Å². The molecule has 10 nitrogen and oxygen atoms in total. The third-order valence-electron chi connectivity index (χ3n) is 5.57. The van der Waals surface area contributed by atoms with Gasteiger partial charge in [-0.1, -0.05) is 12.5 Å². The highest BCUT2D eigenvalue weighted by molar-refractivity contribution is 7.92. The molecule has 1 heterocycles. The lowest BCUT2D eigenvalue weighted by molar-refractivity contribution is -0.119.